The maximum atomic E-state index is 9.86. The van der Waals surface area contributed by atoms with Gasteiger partial charge in [0.25, 0.3) is 0 Å². The van der Waals surface area contributed by atoms with Crippen molar-refractivity contribution in [2.24, 2.45) is 0 Å². The number of aliphatic hydroxyl groups is 1. The molecule has 0 amide bonds. The highest BCUT2D eigenvalue weighted by Crippen LogP contribution is 2.30. The van der Waals surface area contributed by atoms with E-state index in [2.05, 4.69) is 9.97 Å². The summed E-state index contributed by atoms with van der Waals surface area (Å²) in [5, 5.41) is 12.2. The normalized spacial score (nSPS) is 12.7. The molecule has 0 saturated heterocycles. The van der Waals surface area contributed by atoms with Crippen molar-refractivity contribution in [1.29, 1.82) is 0 Å². The predicted molar refractivity (Wildman–Crippen MR) is 55.4 cm³/mol. The molecule has 0 aliphatic carbocycles. The van der Waals surface area contributed by atoms with Crippen LogP contribution in [0, 0.1) is 0 Å². The Labute approximate surface area is 90.0 Å². The van der Waals surface area contributed by atoms with Gasteiger partial charge in [0, 0.05) is 12.4 Å². The standard InChI is InChI=1S/C9H7ClN2OS/c10-6-2-5-14-8(6)7(13)9-11-3-1-4-12-9/h1-5,7,13H. The molecule has 0 bridgehead atoms. The van der Waals surface area contributed by atoms with Gasteiger partial charge in [-0.2, -0.15) is 0 Å². The summed E-state index contributed by atoms with van der Waals surface area (Å²) < 4.78 is 0. The second-order valence-corrected chi connectivity index (χ2v) is 4.00. The summed E-state index contributed by atoms with van der Waals surface area (Å²) >= 11 is 7.27. The van der Waals surface area contributed by atoms with Crippen LogP contribution in [-0.4, -0.2) is 15.1 Å². The third-order valence-corrected chi connectivity index (χ3v) is 3.13. The van der Waals surface area contributed by atoms with E-state index >= 15 is 0 Å². The van der Waals surface area contributed by atoms with Crippen molar-refractivity contribution in [3.63, 3.8) is 0 Å². The molecule has 0 spiro atoms. The average molecular weight is 227 g/mol. The number of thiophene rings is 1. The molecular formula is C9H7ClN2OS. The lowest BCUT2D eigenvalue weighted by Gasteiger charge is -2.06. The SMILES string of the molecule is OC(c1ncccn1)c1sccc1Cl. The molecule has 0 radical (unpaired) electrons. The van der Waals surface area contributed by atoms with E-state index in [4.69, 9.17) is 11.6 Å². The van der Waals surface area contributed by atoms with Crippen LogP contribution in [-0.2, 0) is 0 Å². The van der Waals surface area contributed by atoms with Gasteiger partial charge in [-0.25, -0.2) is 9.97 Å². The minimum absolute atomic E-state index is 0.372. The lowest BCUT2D eigenvalue weighted by Crippen LogP contribution is -2.02. The molecular weight excluding hydrogens is 220 g/mol. The summed E-state index contributed by atoms with van der Waals surface area (Å²) in [7, 11) is 0. The number of aromatic nitrogens is 2. The molecule has 14 heavy (non-hydrogen) atoms. The van der Waals surface area contributed by atoms with Gasteiger partial charge in [0.05, 0.1) is 9.90 Å². The first-order valence-electron chi connectivity index (χ1n) is 3.97. The third kappa shape index (κ3) is 1.77. The first-order valence-corrected chi connectivity index (χ1v) is 5.22. The Balaban J connectivity index is 2.34. The van der Waals surface area contributed by atoms with Crippen molar-refractivity contribution in [2.75, 3.05) is 0 Å². The van der Waals surface area contributed by atoms with E-state index in [0.29, 0.717) is 15.7 Å². The highest BCUT2D eigenvalue weighted by atomic mass is 35.5. The van der Waals surface area contributed by atoms with Crippen molar-refractivity contribution >= 4 is 22.9 Å². The number of halogens is 1. The van der Waals surface area contributed by atoms with Crippen LogP contribution in [0.15, 0.2) is 29.9 Å². The van der Waals surface area contributed by atoms with E-state index in [0.717, 1.165) is 0 Å². The quantitative estimate of drug-likeness (QED) is 0.855. The molecule has 5 heteroatoms. The van der Waals surface area contributed by atoms with Crippen LogP contribution < -0.4 is 0 Å². The summed E-state index contributed by atoms with van der Waals surface area (Å²) in [6, 6.07) is 3.44. The zero-order valence-electron chi connectivity index (χ0n) is 7.09. The minimum Gasteiger partial charge on any atom is -0.379 e. The van der Waals surface area contributed by atoms with E-state index in [-0.39, 0.29) is 0 Å². The molecule has 2 aromatic heterocycles. The fourth-order valence-corrected chi connectivity index (χ4v) is 2.21. The van der Waals surface area contributed by atoms with Crippen molar-refractivity contribution in [3.8, 4) is 0 Å². The van der Waals surface area contributed by atoms with Gasteiger partial charge in [0.15, 0.2) is 5.82 Å². The van der Waals surface area contributed by atoms with Crippen LogP contribution >= 0.6 is 22.9 Å². The second-order valence-electron chi connectivity index (χ2n) is 2.64. The average Bonchev–Trinajstić information content (AvgIpc) is 2.65. The molecule has 0 aromatic carbocycles. The highest BCUT2D eigenvalue weighted by Gasteiger charge is 2.17. The molecule has 2 heterocycles. The molecule has 1 N–H and O–H groups in total. The Kier molecular flexibility index (Phi) is 2.77. The summed E-state index contributed by atoms with van der Waals surface area (Å²) in [5.41, 5.74) is 0. The lowest BCUT2D eigenvalue weighted by molar-refractivity contribution is 0.213. The number of hydrogen-bond donors (Lipinski definition) is 1. The minimum atomic E-state index is -0.830. The Hall–Kier alpha value is -0.970. The molecule has 3 nitrogen and oxygen atoms in total. The van der Waals surface area contributed by atoms with Crippen molar-refractivity contribution < 1.29 is 5.11 Å². The molecule has 2 aromatic rings. The van der Waals surface area contributed by atoms with Crippen LogP contribution in [0.4, 0.5) is 0 Å². The van der Waals surface area contributed by atoms with Crippen LogP contribution in [0.2, 0.25) is 5.02 Å². The summed E-state index contributed by atoms with van der Waals surface area (Å²) in [6.07, 6.45) is 2.35. The maximum Gasteiger partial charge on any atom is 0.162 e. The van der Waals surface area contributed by atoms with Gasteiger partial charge in [0.2, 0.25) is 0 Å². The Bertz CT molecular complexity index is 418. The van der Waals surface area contributed by atoms with Crippen LogP contribution in [0.25, 0.3) is 0 Å². The molecule has 1 unspecified atom stereocenters. The van der Waals surface area contributed by atoms with Crippen molar-refractivity contribution in [2.45, 2.75) is 6.10 Å². The van der Waals surface area contributed by atoms with Gasteiger partial charge in [-0.1, -0.05) is 11.6 Å². The van der Waals surface area contributed by atoms with E-state index in [9.17, 15) is 5.11 Å². The molecule has 2 rings (SSSR count). The molecule has 0 fully saturated rings. The largest absolute Gasteiger partial charge is 0.379 e. The molecule has 0 aliphatic rings. The molecule has 72 valence electrons. The fourth-order valence-electron chi connectivity index (χ4n) is 1.07. The Morgan fingerprint density at radius 2 is 2.07 bits per heavy atom. The van der Waals surface area contributed by atoms with E-state index in [1.54, 1.807) is 24.5 Å². The first kappa shape index (κ1) is 9.58. The number of rotatable bonds is 2. The van der Waals surface area contributed by atoms with Gasteiger partial charge < -0.3 is 5.11 Å². The Morgan fingerprint density at radius 1 is 1.36 bits per heavy atom. The van der Waals surface area contributed by atoms with Gasteiger partial charge in [-0.15, -0.1) is 11.3 Å². The van der Waals surface area contributed by atoms with Crippen molar-refractivity contribution in [1.82, 2.24) is 9.97 Å². The zero-order chi connectivity index (χ0) is 9.97. The number of aliphatic hydroxyl groups excluding tert-OH is 1. The van der Waals surface area contributed by atoms with Gasteiger partial charge in [-0.05, 0) is 17.5 Å². The predicted octanol–water partition coefficient (Wildman–Crippen LogP) is 2.27. The topological polar surface area (TPSA) is 46.0 Å². The lowest BCUT2D eigenvalue weighted by atomic mass is 10.3. The van der Waals surface area contributed by atoms with Crippen LogP contribution in [0.1, 0.15) is 16.8 Å². The van der Waals surface area contributed by atoms with E-state index < -0.39 is 6.10 Å². The molecule has 1 atom stereocenters. The number of nitrogens with zero attached hydrogens (tertiary/aromatic N) is 2. The Morgan fingerprint density at radius 3 is 2.64 bits per heavy atom. The third-order valence-electron chi connectivity index (χ3n) is 1.72. The highest BCUT2D eigenvalue weighted by molar-refractivity contribution is 7.10. The summed E-state index contributed by atoms with van der Waals surface area (Å²) in [4.78, 5) is 8.60. The second kappa shape index (κ2) is 4.04. The molecule has 0 aliphatic heterocycles. The van der Waals surface area contributed by atoms with Gasteiger partial charge in [0.1, 0.15) is 6.10 Å². The van der Waals surface area contributed by atoms with E-state index in [1.165, 1.54) is 11.3 Å². The number of hydrogen-bond acceptors (Lipinski definition) is 4. The summed E-state index contributed by atoms with van der Waals surface area (Å²) in [5.74, 6) is 0.372. The van der Waals surface area contributed by atoms with E-state index in [1.807, 2.05) is 5.38 Å². The van der Waals surface area contributed by atoms with Crippen LogP contribution in [0.3, 0.4) is 0 Å². The maximum absolute atomic E-state index is 9.86. The van der Waals surface area contributed by atoms with Crippen molar-refractivity contribution in [3.05, 3.63) is 45.6 Å². The van der Waals surface area contributed by atoms with Gasteiger partial charge in [-0.3, -0.25) is 0 Å². The monoisotopic (exact) mass is 226 g/mol. The fraction of sp³-hybridized carbons (Fsp3) is 0.111. The summed E-state index contributed by atoms with van der Waals surface area (Å²) in [6.45, 7) is 0. The first-order chi connectivity index (χ1) is 6.79. The molecule has 0 saturated carbocycles. The van der Waals surface area contributed by atoms with Gasteiger partial charge >= 0.3 is 0 Å². The zero-order valence-corrected chi connectivity index (χ0v) is 8.66. The van der Waals surface area contributed by atoms with Crippen LogP contribution in [0.5, 0.6) is 0 Å². The smallest absolute Gasteiger partial charge is 0.162 e.